The summed E-state index contributed by atoms with van der Waals surface area (Å²) in [7, 11) is -2.83. The Bertz CT molecular complexity index is 729. The van der Waals surface area contributed by atoms with Gasteiger partial charge in [0.2, 0.25) is 5.96 Å². The molecule has 14 nitrogen and oxygen atoms in total. The van der Waals surface area contributed by atoms with Crippen molar-refractivity contribution in [1.29, 1.82) is 0 Å². The lowest BCUT2D eigenvalue weighted by molar-refractivity contribution is -0.140. The van der Waals surface area contributed by atoms with Gasteiger partial charge < -0.3 is 34.7 Å². The summed E-state index contributed by atoms with van der Waals surface area (Å²) in [5.74, 6) is -1.54. The van der Waals surface area contributed by atoms with Crippen molar-refractivity contribution in [3.05, 3.63) is 0 Å². The Morgan fingerprint density at radius 1 is 0.789 bits per heavy atom. The van der Waals surface area contributed by atoms with E-state index in [1.165, 1.54) is 14.0 Å². The fourth-order valence-corrected chi connectivity index (χ4v) is 3.84. The van der Waals surface area contributed by atoms with Crippen LogP contribution < -0.4 is 5.73 Å². The van der Waals surface area contributed by atoms with E-state index < -0.39 is 32.1 Å². The lowest BCUT2D eigenvalue weighted by atomic mass is 10.3. The summed E-state index contributed by atoms with van der Waals surface area (Å²) < 4.78 is 47.3. The summed E-state index contributed by atoms with van der Waals surface area (Å²) >= 11 is 0. The number of hydrogen-bond donors (Lipinski definition) is 2. The maximum atomic E-state index is 13.2. The van der Waals surface area contributed by atoms with Gasteiger partial charge in [-0.1, -0.05) is 39.5 Å². The van der Waals surface area contributed by atoms with Crippen LogP contribution in [0.5, 0.6) is 0 Å². The molecule has 3 N–H and O–H groups in total. The van der Waals surface area contributed by atoms with E-state index in [1.807, 2.05) is 13.8 Å². The molecule has 0 aliphatic rings. The Morgan fingerprint density at radius 3 is 1.55 bits per heavy atom. The zero-order valence-electron chi connectivity index (χ0n) is 22.9. The van der Waals surface area contributed by atoms with E-state index in [2.05, 4.69) is 4.76 Å². The average Bonchev–Trinajstić information content (AvgIpc) is 2.87. The number of nitrogens with zero attached hydrogens (tertiary/aromatic N) is 2. The molecule has 0 saturated carbocycles. The zero-order chi connectivity index (χ0) is 28.8. The number of carbonyl (C=O) groups is 3. The number of carboxylic acid groups (broad SMARTS) is 1. The van der Waals surface area contributed by atoms with Gasteiger partial charge in [0.05, 0.1) is 39.6 Å². The molecule has 38 heavy (non-hydrogen) atoms. The van der Waals surface area contributed by atoms with Crippen LogP contribution in [0.2, 0.25) is 0 Å². The van der Waals surface area contributed by atoms with Crippen LogP contribution in [0.3, 0.4) is 0 Å². The van der Waals surface area contributed by atoms with Crippen molar-refractivity contribution >= 4 is 32.0 Å². The predicted molar refractivity (Wildman–Crippen MR) is 139 cm³/mol. The highest BCUT2D eigenvalue weighted by molar-refractivity contribution is 7.52. The molecule has 0 aliphatic carbocycles. The van der Waals surface area contributed by atoms with Crippen molar-refractivity contribution in [3.8, 4) is 0 Å². The van der Waals surface area contributed by atoms with Gasteiger partial charge in [-0.2, -0.15) is 0 Å². The summed E-state index contributed by atoms with van der Waals surface area (Å²) in [4.78, 5) is 35.4. The zero-order valence-corrected chi connectivity index (χ0v) is 23.8. The number of likely N-dealkylation sites (N-methyl/N-ethyl adjacent to an activating group) is 1. The minimum Gasteiger partial charge on any atom is -0.480 e. The first-order valence-corrected chi connectivity index (χ1v) is 14.3. The van der Waals surface area contributed by atoms with Crippen LogP contribution in [0, 0.1) is 0 Å². The van der Waals surface area contributed by atoms with Gasteiger partial charge in [-0.05, 0) is 19.8 Å². The van der Waals surface area contributed by atoms with Crippen LogP contribution >= 0.6 is 7.75 Å². The molecule has 1 unspecified atom stereocenters. The molecule has 0 aromatic heterocycles. The van der Waals surface area contributed by atoms with Gasteiger partial charge in [0.1, 0.15) is 6.04 Å². The second-order valence-electron chi connectivity index (χ2n) is 8.23. The van der Waals surface area contributed by atoms with Crippen molar-refractivity contribution in [2.75, 3.05) is 46.7 Å². The third-order valence-corrected chi connectivity index (χ3v) is 6.45. The third kappa shape index (κ3) is 17.8. The molecule has 0 rings (SSSR count). The summed E-state index contributed by atoms with van der Waals surface area (Å²) in [6.45, 7) is 5.50. The first-order chi connectivity index (χ1) is 18.1. The monoisotopic (exact) mass is 569 g/mol. The smallest absolute Gasteiger partial charge is 0.480 e. The summed E-state index contributed by atoms with van der Waals surface area (Å²) in [6, 6.07) is -1.05. The molecule has 0 spiro atoms. The Kier molecular flexibility index (Phi) is 19.9. The Labute approximate surface area is 224 Å². The Morgan fingerprint density at radius 2 is 1.18 bits per heavy atom. The number of hydrogen-bond acceptors (Lipinski definition) is 10. The summed E-state index contributed by atoms with van der Waals surface area (Å²) in [5, 5.41) is 9.16. The average molecular weight is 570 g/mol. The molecule has 0 radical (unpaired) electrons. The van der Waals surface area contributed by atoms with Crippen LogP contribution in [0.4, 0.5) is 9.59 Å². The number of nitrogens with two attached hydrogens (primary N) is 1. The van der Waals surface area contributed by atoms with Gasteiger partial charge >= 0.3 is 26.0 Å². The fourth-order valence-electron chi connectivity index (χ4n) is 2.54. The quantitative estimate of drug-likeness (QED) is 0.0655. The second kappa shape index (κ2) is 21.4. The number of aliphatic carboxylic acids is 1. The third-order valence-electron chi connectivity index (χ3n) is 4.99. The molecular formula is C23H44N3O11P. The molecule has 0 aromatic carbocycles. The lowest BCUT2D eigenvalue weighted by Gasteiger charge is -2.23. The van der Waals surface area contributed by atoms with Crippen LogP contribution in [0.25, 0.3) is 0 Å². The number of guanidine groups is 1. The SMILES string of the molecule is CCCCCOC(=O)OCCCOP(=O)(N=C(N)N(C)C(C)C(=O)O)OCCCOC(=O)OCCCCC. The Balaban J connectivity index is 4.76. The standard InChI is InChI=1S/C23H44N3O11P/c1-5-7-9-13-32-22(29)34-15-11-17-36-38(31,25-21(24)26(4)19(3)20(27)28)37-18-12-16-35-23(30)33-14-10-8-6-2/h19H,5-18H2,1-4H3,(H,27,28)(H2,24,25,31). The van der Waals surface area contributed by atoms with Crippen LogP contribution in [-0.4, -0.2) is 87.0 Å². The number of carbonyl (C=O) groups excluding carboxylic acids is 2. The molecular weight excluding hydrogens is 525 g/mol. The first kappa shape index (κ1) is 35.4. The molecule has 222 valence electrons. The predicted octanol–water partition coefficient (Wildman–Crippen LogP) is 4.31. The maximum absolute atomic E-state index is 13.2. The normalized spacial score (nSPS) is 12.5. The van der Waals surface area contributed by atoms with E-state index in [0.29, 0.717) is 0 Å². The van der Waals surface area contributed by atoms with Crippen molar-refractivity contribution in [2.24, 2.45) is 10.5 Å². The minimum atomic E-state index is -4.19. The molecule has 0 bridgehead atoms. The maximum Gasteiger partial charge on any atom is 0.508 e. The molecule has 0 amide bonds. The highest BCUT2D eigenvalue weighted by Crippen LogP contribution is 2.50. The summed E-state index contributed by atoms with van der Waals surface area (Å²) in [6.07, 6.45) is 4.05. The van der Waals surface area contributed by atoms with Crippen LogP contribution in [-0.2, 0) is 37.4 Å². The molecule has 15 heteroatoms. The van der Waals surface area contributed by atoms with Crippen molar-refractivity contribution < 1.29 is 52.1 Å². The van der Waals surface area contributed by atoms with Gasteiger partial charge in [-0.25, -0.2) is 18.9 Å². The van der Waals surface area contributed by atoms with Gasteiger partial charge in [-0.3, -0.25) is 9.05 Å². The van der Waals surface area contributed by atoms with Gasteiger partial charge in [-0.15, -0.1) is 4.76 Å². The van der Waals surface area contributed by atoms with E-state index >= 15 is 0 Å². The van der Waals surface area contributed by atoms with Crippen LogP contribution in [0.15, 0.2) is 4.76 Å². The number of rotatable bonds is 21. The van der Waals surface area contributed by atoms with Gasteiger partial charge in [0, 0.05) is 19.9 Å². The van der Waals surface area contributed by atoms with E-state index in [1.54, 1.807) is 0 Å². The molecule has 0 aliphatic heterocycles. The number of carboxylic acids is 1. The minimum absolute atomic E-state index is 0.0596. The Hall–Kier alpha value is -2.57. The van der Waals surface area contributed by atoms with Gasteiger partial charge in [0.15, 0.2) is 0 Å². The summed E-state index contributed by atoms with van der Waals surface area (Å²) in [5.41, 5.74) is 5.83. The van der Waals surface area contributed by atoms with Crippen molar-refractivity contribution in [3.63, 3.8) is 0 Å². The molecule has 0 saturated heterocycles. The largest absolute Gasteiger partial charge is 0.508 e. The molecule has 0 fully saturated rings. The topological polar surface area (TPSA) is 186 Å². The lowest BCUT2D eigenvalue weighted by Crippen LogP contribution is -2.44. The van der Waals surface area contributed by atoms with Gasteiger partial charge in [0.25, 0.3) is 0 Å². The number of ether oxygens (including phenoxy) is 4. The molecule has 0 aromatic rings. The van der Waals surface area contributed by atoms with E-state index in [9.17, 15) is 18.9 Å². The highest BCUT2D eigenvalue weighted by Gasteiger charge is 2.28. The van der Waals surface area contributed by atoms with E-state index in [4.69, 9.17) is 38.8 Å². The molecule has 0 heterocycles. The van der Waals surface area contributed by atoms with Crippen molar-refractivity contribution in [2.45, 2.75) is 78.2 Å². The van der Waals surface area contributed by atoms with Crippen molar-refractivity contribution in [1.82, 2.24) is 4.90 Å². The van der Waals surface area contributed by atoms with E-state index in [-0.39, 0.29) is 58.4 Å². The molecule has 1 atom stereocenters. The number of unbranched alkanes of at least 4 members (excludes halogenated alkanes) is 4. The second-order valence-corrected chi connectivity index (χ2v) is 9.89. The fraction of sp³-hybridized carbons (Fsp3) is 0.826. The highest BCUT2D eigenvalue weighted by atomic mass is 31.2. The van der Waals surface area contributed by atoms with Crippen LogP contribution in [0.1, 0.15) is 72.1 Å². The van der Waals surface area contributed by atoms with E-state index in [0.717, 1.165) is 43.4 Å². The first-order valence-electron chi connectivity index (χ1n) is 12.9.